The number of hydrogen-bond donors (Lipinski definition) is 0. The first-order valence-corrected chi connectivity index (χ1v) is 20.9. The molecule has 0 amide bonds. The molecule has 12 aromatic rings. The van der Waals surface area contributed by atoms with Gasteiger partial charge < -0.3 is 0 Å². The van der Waals surface area contributed by atoms with Crippen molar-refractivity contribution in [1.29, 1.82) is 0 Å². The van der Waals surface area contributed by atoms with E-state index < -0.39 is 0 Å². The van der Waals surface area contributed by atoms with Crippen molar-refractivity contribution in [3.8, 4) is 66.8 Å². The van der Waals surface area contributed by atoms with Crippen molar-refractivity contribution in [3.05, 3.63) is 218 Å². The highest BCUT2D eigenvalue weighted by Crippen LogP contribution is 2.49. The zero-order chi connectivity index (χ0) is 39.3. The molecular weight excluding hydrogens is 721 g/mol. The molecule has 0 N–H and O–H groups in total. The second-order valence-corrected chi connectivity index (χ2v) is 16.5. The van der Waals surface area contributed by atoms with E-state index in [1.807, 2.05) is 0 Å². The molecule has 0 aliphatic heterocycles. The Bertz CT molecular complexity index is 3770. The van der Waals surface area contributed by atoms with Crippen molar-refractivity contribution in [3.63, 3.8) is 0 Å². The summed E-state index contributed by atoms with van der Waals surface area (Å²) >= 11 is 0. The molecular formula is C60H36. The molecule has 0 bridgehead atoms. The van der Waals surface area contributed by atoms with Gasteiger partial charge in [0.1, 0.15) is 0 Å². The molecule has 0 saturated heterocycles. The highest BCUT2D eigenvalue weighted by Gasteiger charge is 2.22. The molecule has 0 saturated carbocycles. The molecule has 0 unspecified atom stereocenters. The molecule has 276 valence electrons. The van der Waals surface area contributed by atoms with Crippen molar-refractivity contribution in [2.75, 3.05) is 0 Å². The highest BCUT2D eigenvalue weighted by molar-refractivity contribution is 6.24. The molecule has 0 spiro atoms. The normalized spacial score (nSPS) is 12.0. The van der Waals surface area contributed by atoms with Crippen molar-refractivity contribution in [2.24, 2.45) is 0 Å². The third-order valence-electron chi connectivity index (χ3n) is 13.1. The summed E-state index contributed by atoms with van der Waals surface area (Å²) in [5, 5.41) is 15.4. The highest BCUT2D eigenvalue weighted by atomic mass is 14.2. The van der Waals surface area contributed by atoms with E-state index in [0.717, 1.165) is 0 Å². The van der Waals surface area contributed by atoms with Crippen LogP contribution in [-0.2, 0) is 0 Å². The van der Waals surface area contributed by atoms with Gasteiger partial charge >= 0.3 is 0 Å². The minimum absolute atomic E-state index is 1.23. The lowest BCUT2D eigenvalue weighted by Crippen LogP contribution is -1.85. The van der Waals surface area contributed by atoms with Gasteiger partial charge in [0.2, 0.25) is 0 Å². The summed E-state index contributed by atoms with van der Waals surface area (Å²) in [5.41, 5.74) is 15.2. The number of rotatable bonds is 4. The van der Waals surface area contributed by atoms with E-state index in [9.17, 15) is 0 Å². The predicted molar refractivity (Wildman–Crippen MR) is 258 cm³/mol. The number of hydrogen-bond acceptors (Lipinski definition) is 0. The smallest absolute Gasteiger partial charge is 0.00199 e. The molecule has 1 aliphatic rings. The van der Waals surface area contributed by atoms with Gasteiger partial charge in [0.05, 0.1) is 0 Å². The minimum Gasteiger partial charge on any atom is -0.0616 e. The molecule has 13 rings (SSSR count). The summed E-state index contributed by atoms with van der Waals surface area (Å²) in [6, 6.07) is 81.4. The van der Waals surface area contributed by atoms with Gasteiger partial charge in [0.15, 0.2) is 0 Å². The van der Waals surface area contributed by atoms with Crippen LogP contribution in [0.3, 0.4) is 0 Å². The van der Waals surface area contributed by atoms with E-state index in [2.05, 4.69) is 218 Å². The predicted octanol–water partition coefficient (Wildman–Crippen LogP) is 16.9. The largest absolute Gasteiger partial charge is 0.0616 e. The zero-order valence-electron chi connectivity index (χ0n) is 32.8. The van der Waals surface area contributed by atoms with Gasteiger partial charge in [-0.15, -0.1) is 0 Å². The van der Waals surface area contributed by atoms with Gasteiger partial charge in [-0.3, -0.25) is 0 Å². The number of benzene rings is 12. The molecule has 0 fully saturated rings. The van der Waals surface area contributed by atoms with Crippen LogP contribution in [0.4, 0.5) is 0 Å². The zero-order valence-corrected chi connectivity index (χ0v) is 32.8. The van der Waals surface area contributed by atoms with Crippen molar-refractivity contribution in [1.82, 2.24) is 0 Å². The fourth-order valence-electron chi connectivity index (χ4n) is 10.1. The van der Waals surface area contributed by atoms with Crippen molar-refractivity contribution < 1.29 is 0 Å². The molecule has 0 radical (unpaired) electrons. The Morgan fingerprint density at radius 2 is 0.567 bits per heavy atom. The van der Waals surface area contributed by atoms with Crippen LogP contribution in [-0.4, -0.2) is 0 Å². The monoisotopic (exact) mass is 756 g/mol. The molecule has 0 nitrogen and oxygen atoms in total. The molecule has 0 heterocycles. The van der Waals surface area contributed by atoms with Crippen LogP contribution >= 0.6 is 0 Å². The van der Waals surface area contributed by atoms with Crippen LogP contribution in [0.25, 0.3) is 131 Å². The maximum atomic E-state index is 2.39. The van der Waals surface area contributed by atoms with Crippen LogP contribution < -0.4 is 0 Å². The van der Waals surface area contributed by atoms with Gasteiger partial charge in [-0.1, -0.05) is 170 Å². The lowest BCUT2D eigenvalue weighted by molar-refractivity contribution is 1.61. The summed E-state index contributed by atoms with van der Waals surface area (Å²) in [7, 11) is 0. The lowest BCUT2D eigenvalue weighted by Gasteiger charge is -2.12. The van der Waals surface area contributed by atoms with E-state index in [1.54, 1.807) is 0 Å². The van der Waals surface area contributed by atoms with Crippen LogP contribution in [0.1, 0.15) is 0 Å². The van der Waals surface area contributed by atoms with Crippen molar-refractivity contribution >= 4 is 64.6 Å². The van der Waals surface area contributed by atoms with Crippen LogP contribution in [0.5, 0.6) is 0 Å². The van der Waals surface area contributed by atoms with Gasteiger partial charge in [0.25, 0.3) is 0 Å². The van der Waals surface area contributed by atoms with E-state index >= 15 is 0 Å². The van der Waals surface area contributed by atoms with E-state index in [1.165, 1.54) is 131 Å². The second-order valence-electron chi connectivity index (χ2n) is 16.5. The SMILES string of the molecule is c1cc(-c2ccc3ccccc3c2)cc(-c2ccc3c(ccc4cc(-c5ccc6cc(-c7ccc8cc9c%10c(cccc%10c8c7)-c7ccccc7-9)ccc6c5)ccc43)c2)c1. The summed E-state index contributed by atoms with van der Waals surface area (Å²) in [4.78, 5) is 0. The van der Waals surface area contributed by atoms with Gasteiger partial charge in [0, 0.05) is 0 Å². The minimum atomic E-state index is 1.23. The Kier molecular flexibility index (Phi) is 7.11. The Morgan fingerprint density at radius 1 is 0.167 bits per heavy atom. The van der Waals surface area contributed by atoms with Gasteiger partial charge in [-0.2, -0.15) is 0 Å². The Morgan fingerprint density at radius 3 is 1.20 bits per heavy atom. The van der Waals surface area contributed by atoms with E-state index in [0.29, 0.717) is 0 Å². The van der Waals surface area contributed by atoms with E-state index in [-0.39, 0.29) is 0 Å². The summed E-state index contributed by atoms with van der Waals surface area (Å²) in [6.07, 6.45) is 0. The standard InChI is InChI=1S/C60H36/c1-2-8-38-29-41(16-15-37(38)7-1)39-9-5-10-40(30-39)46-25-27-52-49(33-46)23-24-50-34-47(26-28-53(50)52)44-18-17-43-32-45(20-19-42(43)31-44)48-21-22-51-36-59-55-12-4-3-11-54(55)56-13-6-14-57(60(56)59)58(51)35-48/h1-36H. The average Bonchev–Trinajstić information content (AvgIpc) is 3.64. The molecule has 0 atom stereocenters. The average molecular weight is 757 g/mol. The summed E-state index contributed by atoms with van der Waals surface area (Å²) in [6.45, 7) is 0. The fourth-order valence-corrected chi connectivity index (χ4v) is 10.1. The first-order valence-electron chi connectivity index (χ1n) is 20.9. The maximum absolute atomic E-state index is 2.39. The maximum Gasteiger partial charge on any atom is -0.00199 e. The second kappa shape index (κ2) is 12.9. The van der Waals surface area contributed by atoms with Crippen LogP contribution in [0.2, 0.25) is 0 Å². The third-order valence-corrected chi connectivity index (χ3v) is 13.1. The Balaban J connectivity index is 0.805. The Hall–Kier alpha value is -7.80. The number of fused-ring (bicyclic) bond motifs is 10. The Labute approximate surface area is 348 Å². The molecule has 1 aliphatic carbocycles. The first-order chi connectivity index (χ1) is 29.7. The fraction of sp³-hybridized carbons (Fsp3) is 0. The third kappa shape index (κ3) is 5.18. The molecule has 60 heavy (non-hydrogen) atoms. The molecule has 0 aromatic heterocycles. The van der Waals surface area contributed by atoms with E-state index in [4.69, 9.17) is 0 Å². The quantitative estimate of drug-likeness (QED) is 0.157. The van der Waals surface area contributed by atoms with Crippen LogP contribution in [0.15, 0.2) is 218 Å². The van der Waals surface area contributed by atoms with Crippen LogP contribution in [0, 0.1) is 0 Å². The first kappa shape index (κ1) is 33.2. The topological polar surface area (TPSA) is 0 Å². The summed E-state index contributed by atoms with van der Waals surface area (Å²) < 4.78 is 0. The lowest BCUT2D eigenvalue weighted by atomic mass is 9.92. The van der Waals surface area contributed by atoms with Gasteiger partial charge in [-0.05, 0) is 180 Å². The molecule has 12 aromatic carbocycles. The molecule has 0 heteroatoms. The summed E-state index contributed by atoms with van der Waals surface area (Å²) in [5.74, 6) is 0. The van der Waals surface area contributed by atoms with Gasteiger partial charge in [-0.25, -0.2) is 0 Å². The van der Waals surface area contributed by atoms with Crippen molar-refractivity contribution in [2.45, 2.75) is 0 Å².